The summed E-state index contributed by atoms with van der Waals surface area (Å²) in [4.78, 5) is 26.4. The van der Waals surface area contributed by atoms with Crippen molar-refractivity contribution < 1.29 is 31.1 Å². The molecule has 1 saturated heterocycles. The van der Waals surface area contributed by atoms with Crippen LogP contribution in [0.5, 0.6) is 0 Å². The van der Waals surface area contributed by atoms with Crippen LogP contribution in [0.15, 0.2) is 53.5 Å². The van der Waals surface area contributed by atoms with Crippen LogP contribution in [-0.4, -0.2) is 66.9 Å². The normalized spacial score (nSPS) is 15.3. The van der Waals surface area contributed by atoms with Crippen molar-refractivity contribution in [1.29, 1.82) is 0 Å². The highest BCUT2D eigenvalue weighted by atomic mass is 32.2. The van der Waals surface area contributed by atoms with E-state index in [9.17, 15) is 31.2 Å². The number of benzene rings is 2. The van der Waals surface area contributed by atoms with Crippen molar-refractivity contribution >= 4 is 21.6 Å². The van der Waals surface area contributed by atoms with Crippen molar-refractivity contribution in [2.75, 3.05) is 43.1 Å². The summed E-state index contributed by atoms with van der Waals surface area (Å²) < 4.78 is 69.7. The number of carbonyl (C=O) groups is 1. The van der Waals surface area contributed by atoms with E-state index in [1.165, 1.54) is 12.3 Å². The number of hydrogen-bond donors (Lipinski definition) is 1. The third-order valence-corrected chi connectivity index (χ3v) is 7.34. The van der Waals surface area contributed by atoms with E-state index in [1.54, 1.807) is 24.3 Å². The summed E-state index contributed by atoms with van der Waals surface area (Å²) in [6, 6.07) is 9.32. The van der Waals surface area contributed by atoms with Crippen LogP contribution in [0.3, 0.4) is 0 Å². The maximum Gasteiger partial charge on any atom is 0.411 e. The van der Waals surface area contributed by atoms with E-state index in [-0.39, 0.29) is 35.9 Å². The largest absolute Gasteiger partial charge is 0.448 e. The van der Waals surface area contributed by atoms with Crippen molar-refractivity contribution in [3.63, 3.8) is 0 Å². The number of halogens is 3. The van der Waals surface area contributed by atoms with Crippen LogP contribution in [0, 0.1) is 17.5 Å². The summed E-state index contributed by atoms with van der Waals surface area (Å²) in [6.07, 6.45) is 0.575. The second kappa shape index (κ2) is 11.1. The first kappa shape index (κ1) is 26.4. The predicted molar refractivity (Wildman–Crippen MR) is 129 cm³/mol. The van der Waals surface area contributed by atoms with Gasteiger partial charge >= 0.3 is 6.09 Å². The first-order chi connectivity index (χ1) is 17.6. The number of ether oxygens (including phenoxy) is 1. The van der Waals surface area contributed by atoms with Gasteiger partial charge in [0, 0.05) is 56.1 Å². The van der Waals surface area contributed by atoms with E-state index < -0.39 is 38.8 Å². The van der Waals surface area contributed by atoms with Crippen LogP contribution in [-0.2, 0) is 21.0 Å². The summed E-state index contributed by atoms with van der Waals surface area (Å²) in [5, 5.41) is 6.72. The summed E-state index contributed by atoms with van der Waals surface area (Å²) in [7, 11) is -2.98. The van der Waals surface area contributed by atoms with Gasteiger partial charge in [-0.1, -0.05) is 12.1 Å². The fraction of sp³-hybridized carbons (Fsp3) is 0.292. The van der Waals surface area contributed by atoms with Gasteiger partial charge < -0.3 is 4.74 Å². The lowest BCUT2D eigenvalue weighted by Crippen LogP contribution is -2.42. The van der Waals surface area contributed by atoms with Gasteiger partial charge in [0.2, 0.25) is 5.43 Å². The zero-order valence-corrected chi connectivity index (χ0v) is 20.3. The Labute approximate surface area is 210 Å². The number of hydrogen-bond acceptors (Lipinski definition) is 7. The summed E-state index contributed by atoms with van der Waals surface area (Å²) in [6.45, 7) is 1.30. The van der Waals surface area contributed by atoms with Gasteiger partial charge in [-0.2, -0.15) is 5.10 Å². The molecule has 1 N–H and O–H groups in total. The van der Waals surface area contributed by atoms with Crippen molar-refractivity contribution in [3.8, 4) is 5.69 Å². The molecule has 3 aromatic rings. The molecule has 0 aliphatic carbocycles. The Bertz CT molecular complexity index is 1440. The van der Waals surface area contributed by atoms with Crippen molar-refractivity contribution in [1.82, 2.24) is 14.7 Å². The van der Waals surface area contributed by atoms with Crippen LogP contribution in [0.2, 0.25) is 0 Å². The van der Waals surface area contributed by atoms with Crippen molar-refractivity contribution in [2.24, 2.45) is 0 Å². The quantitative estimate of drug-likeness (QED) is 0.462. The van der Waals surface area contributed by atoms with E-state index >= 15 is 0 Å². The molecule has 1 amide bonds. The average Bonchev–Trinajstić information content (AvgIpc) is 2.85. The van der Waals surface area contributed by atoms with E-state index in [2.05, 4.69) is 10.4 Å². The van der Waals surface area contributed by atoms with Crippen LogP contribution in [0.25, 0.3) is 5.69 Å². The fourth-order valence-electron chi connectivity index (χ4n) is 3.74. The molecule has 2 aromatic carbocycles. The number of anilines is 1. The number of amides is 1. The molecular formula is C24H23F3N4O5S. The minimum atomic E-state index is -2.98. The molecule has 0 bridgehead atoms. The fourth-order valence-corrected chi connectivity index (χ4v) is 5.01. The van der Waals surface area contributed by atoms with Crippen molar-refractivity contribution in [2.45, 2.75) is 6.42 Å². The standard InChI is InChI=1S/C24H23F3N4O5S/c25-19-14-18(15-20(26)23(19)27)31-5-4-22(32)21(29-31)13-16-2-1-3-17(12-16)28-24(33)36-9-6-30-7-10-37(34,35)11-8-30/h1-5,12,14-15H,6-11,13H2,(H,28,33). The molecule has 0 saturated carbocycles. The van der Waals surface area contributed by atoms with Crippen LogP contribution in [0.1, 0.15) is 11.3 Å². The summed E-state index contributed by atoms with van der Waals surface area (Å²) >= 11 is 0. The van der Waals surface area contributed by atoms with Gasteiger partial charge in [-0.3, -0.25) is 15.0 Å². The molecule has 196 valence electrons. The SMILES string of the molecule is O=C(Nc1cccc(Cc2nn(-c3cc(F)c(F)c(F)c3)ccc2=O)c1)OCCN1CCS(=O)(=O)CC1. The second-order valence-electron chi connectivity index (χ2n) is 8.43. The molecule has 1 aromatic heterocycles. The van der Waals surface area contributed by atoms with E-state index in [0.29, 0.717) is 30.9 Å². The smallest absolute Gasteiger partial charge is 0.411 e. The van der Waals surface area contributed by atoms with Crippen molar-refractivity contribution in [3.05, 3.63) is 87.6 Å². The first-order valence-electron chi connectivity index (χ1n) is 11.3. The van der Waals surface area contributed by atoms with E-state index in [1.807, 2.05) is 4.90 Å². The van der Waals surface area contributed by atoms with Gasteiger partial charge in [0.25, 0.3) is 0 Å². The predicted octanol–water partition coefficient (Wildman–Crippen LogP) is 2.52. The Kier molecular flexibility index (Phi) is 7.93. The molecule has 0 unspecified atom stereocenters. The topological polar surface area (TPSA) is 111 Å². The van der Waals surface area contributed by atoms with Gasteiger partial charge in [-0.05, 0) is 17.7 Å². The van der Waals surface area contributed by atoms with Gasteiger partial charge in [-0.25, -0.2) is 31.1 Å². The second-order valence-corrected chi connectivity index (χ2v) is 10.7. The van der Waals surface area contributed by atoms with Crippen LogP contribution < -0.4 is 10.7 Å². The molecule has 2 heterocycles. The Morgan fingerprint density at radius 3 is 2.46 bits per heavy atom. The van der Waals surface area contributed by atoms with Gasteiger partial charge in [0.05, 0.1) is 17.2 Å². The summed E-state index contributed by atoms with van der Waals surface area (Å²) in [5.74, 6) is -4.19. The first-order valence-corrected chi connectivity index (χ1v) is 13.1. The maximum absolute atomic E-state index is 13.6. The highest BCUT2D eigenvalue weighted by Crippen LogP contribution is 2.17. The van der Waals surface area contributed by atoms with Crippen LogP contribution in [0.4, 0.5) is 23.7 Å². The number of rotatable bonds is 7. The third kappa shape index (κ3) is 6.95. The lowest BCUT2D eigenvalue weighted by molar-refractivity contribution is 0.142. The number of aromatic nitrogens is 2. The Hall–Kier alpha value is -3.71. The highest BCUT2D eigenvalue weighted by Gasteiger charge is 2.21. The molecule has 9 nitrogen and oxygen atoms in total. The van der Waals surface area contributed by atoms with Gasteiger partial charge in [0.15, 0.2) is 27.3 Å². The zero-order valence-electron chi connectivity index (χ0n) is 19.5. The number of nitrogens with zero attached hydrogens (tertiary/aromatic N) is 3. The molecular weight excluding hydrogens is 513 g/mol. The Morgan fingerprint density at radius 2 is 1.76 bits per heavy atom. The van der Waals surface area contributed by atoms with Gasteiger partial charge in [-0.15, -0.1) is 0 Å². The highest BCUT2D eigenvalue weighted by molar-refractivity contribution is 7.91. The lowest BCUT2D eigenvalue weighted by Gasteiger charge is -2.26. The maximum atomic E-state index is 13.6. The average molecular weight is 537 g/mol. The number of sulfone groups is 1. The van der Waals surface area contributed by atoms with Crippen LogP contribution >= 0.6 is 0 Å². The lowest BCUT2D eigenvalue weighted by atomic mass is 10.1. The molecule has 1 aliphatic heterocycles. The van der Waals surface area contributed by atoms with Gasteiger partial charge in [0.1, 0.15) is 12.3 Å². The molecule has 4 rings (SSSR count). The molecule has 1 fully saturated rings. The monoisotopic (exact) mass is 536 g/mol. The number of carbonyl (C=O) groups excluding carboxylic acids is 1. The molecule has 37 heavy (non-hydrogen) atoms. The molecule has 13 heteroatoms. The van der Waals surface area contributed by atoms with E-state index in [4.69, 9.17) is 4.74 Å². The Balaban J connectivity index is 1.37. The Morgan fingerprint density at radius 1 is 1.05 bits per heavy atom. The molecule has 0 atom stereocenters. The summed E-state index contributed by atoms with van der Waals surface area (Å²) in [5.41, 5.74) is 0.581. The molecule has 1 aliphatic rings. The molecule has 0 spiro atoms. The van der Waals surface area contributed by atoms with E-state index in [0.717, 1.165) is 16.8 Å². The molecule has 0 radical (unpaired) electrons. The third-order valence-electron chi connectivity index (χ3n) is 5.74. The number of nitrogens with one attached hydrogen (secondary N) is 1. The minimum absolute atomic E-state index is 0.0499. The minimum Gasteiger partial charge on any atom is -0.448 e. The zero-order chi connectivity index (χ0) is 26.6.